The van der Waals surface area contributed by atoms with Crippen LogP contribution in [-0.2, 0) is 16.0 Å². The van der Waals surface area contributed by atoms with E-state index < -0.39 is 0 Å². The van der Waals surface area contributed by atoms with Gasteiger partial charge in [0, 0.05) is 18.7 Å². The van der Waals surface area contributed by atoms with Gasteiger partial charge in [-0.2, -0.15) is 0 Å². The van der Waals surface area contributed by atoms with E-state index in [2.05, 4.69) is 54.6 Å². The van der Waals surface area contributed by atoms with Crippen LogP contribution in [-0.4, -0.2) is 23.3 Å². The molecule has 0 saturated carbocycles. The molecule has 0 atom stereocenters. The number of benzene rings is 4. The number of imide groups is 1. The van der Waals surface area contributed by atoms with Crippen LogP contribution in [0.2, 0.25) is 0 Å². The van der Waals surface area contributed by atoms with Gasteiger partial charge in [0.25, 0.3) is 11.8 Å². The highest BCUT2D eigenvalue weighted by Gasteiger charge is 2.22. The number of nitrogens with zero attached hydrogens (tertiary/aromatic N) is 1. The van der Waals surface area contributed by atoms with Gasteiger partial charge < -0.3 is 0 Å². The first-order chi connectivity index (χ1) is 13.7. The summed E-state index contributed by atoms with van der Waals surface area (Å²) in [5, 5.41) is 7.95. The van der Waals surface area contributed by atoms with Crippen LogP contribution in [0.3, 0.4) is 0 Å². The summed E-state index contributed by atoms with van der Waals surface area (Å²) in [4.78, 5) is 24.5. The Morgan fingerprint density at radius 3 is 2.04 bits per heavy atom. The van der Waals surface area contributed by atoms with Gasteiger partial charge in [-0.1, -0.05) is 61.0 Å². The molecule has 0 saturated heterocycles. The molecule has 0 fully saturated rings. The Morgan fingerprint density at radius 1 is 0.643 bits per heavy atom. The summed E-state index contributed by atoms with van der Waals surface area (Å²) in [5.41, 5.74) is 1.38. The molecule has 0 bridgehead atoms. The fourth-order valence-electron chi connectivity index (χ4n) is 4.43. The van der Waals surface area contributed by atoms with E-state index in [1.54, 1.807) is 0 Å². The van der Waals surface area contributed by atoms with Crippen LogP contribution in [0.25, 0.3) is 32.3 Å². The van der Waals surface area contributed by atoms with Crippen molar-refractivity contribution in [1.82, 2.24) is 4.90 Å². The Hall–Kier alpha value is -3.20. The van der Waals surface area contributed by atoms with Crippen LogP contribution < -0.4 is 0 Å². The molecular weight excluding hydrogens is 346 g/mol. The molecule has 0 spiro atoms. The van der Waals surface area contributed by atoms with E-state index in [9.17, 15) is 9.59 Å². The van der Waals surface area contributed by atoms with Gasteiger partial charge in [0.2, 0.25) is 0 Å². The summed E-state index contributed by atoms with van der Waals surface area (Å²) in [7, 11) is 0. The fourth-order valence-corrected chi connectivity index (χ4v) is 4.43. The quantitative estimate of drug-likeness (QED) is 0.266. The SMILES string of the molecule is O=C1C=CC(=O)N1CCCCCc1ccc2ccc3cccc4ccc1c2c34. The predicted octanol–water partition coefficient (Wildman–Crippen LogP) is 5.22. The van der Waals surface area contributed by atoms with Gasteiger partial charge in [0.15, 0.2) is 0 Å². The monoisotopic (exact) mass is 367 g/mol. The lowest BCUT2D eigenvalue weighted by Crippen LogP contribution is -2.30. The molecule has 2 amide bonds. The minimum atomic E-state index is -0.184. The molecule has 0 unspecified atom stereocenters. The zero-order chi connectivity index (χ0) is 19.1. The van der Waals surface area contributed by atoms with Crippen molar-refractivity contribution in [2.75, 3.05) is 6.54 Å². The molecule has 0 aliphatic carbocycles. The molecule has 0 radical (unpaired) electrons. The summed E-state index contributed by atoms with van der Waals surface area (Å²) < 4.78 is 0. The van der Waals surface area contributed by atoms with Gasteiger partial charge in [-0.05, 0) is 57.1 Å². The van der Waals surface area contributed by atoms with E-state index in [1.165, 1.54) is 54.9 Å². The molecule has 4 aromatic carbocycles. The van der Waals surface area contributed by atoms with Crippen molar-refractivity contribution < 1.29 is 9.59 Å². The summed E-state index contributed by atoms with van der Waals surface area (Å²) in [6.45, 7) is 0.517. The molecule has 0 N–H and O–H groups in total. The minimum absolute atomic E-state index is 0.184. The number of hydrogen-bond donors (Lipinski definition) is 0. The Labute approximate surface area is 163 Å². The second-order valence-electron chi connectivity index (χ2n) is 7.55. The number of amides is 2. The fraction of sp³-hybridized carbons (Fsp3) is 0.200. The van der Waals surface area contributed by atoms with Gasteiger partial charge in [-0.25, -0.2) is 0 Å². The highest BCUT2D eigenvalue weighted by atomic mass is 16.2. The van der Waals surface area contributed by atoms with Crippen LogP contribution >= 0.6 is 0 Å². The number of unbranched alkanes of at least 4 members (excludes halogenated alkanes) is 2. The zero-order valence-electron chi connectivity index (χ0n) is 15.7. The van der Waals surface area contributed by atoms with Crippen LogP contribution in [0.1, 0.15) is 24.8 Å². The van der Waals surface area contributed by atoms with Gasteiger partial charge >= 0.3 is 0 Å². The molecular formula is C25H21NO2. The molecule has 1 aliphatic heterocycles. The van der Waals surface area contributed by atoms with Gasteiger partial charge in [-0.15, -0.1) is 0 Å². The molecule has 3 nitrogen and oxygen atoms in total. The first kappa shape index (κ1) is 16.9. The lowest BCUT2D eigenvalue weighted by molar-refractivity contribution is -0.136. The molecule has 5 rings (SSSR count). The smallest absolute Gasteiger partial charge is 0.253 e. The maximum absolute atomic E-state index is 11.6. The predicted molar refractivity (Wildman–Crippen MR) is 114 cm³/mol. The van der Waals surface area contributed by atoms with Crippen molar-refractivity contribution >= 4 is 44.1 Å². The summed E-state index contributed by atoms with van der Waals surface area (Å²) in [6, 6.07) is 19.9. The average Bonchev–Trinajstić information content (AvgIpc) is 3.04. The van der Waals surface area contributed by atoms with Crippen molar-refractivity contribution in [2.24, 2.45) is 0 Å². The second kappa shape index (κ2) is 6.75. The van der Waals surface area contributed by atoms with E-state index in [0.717, 1.165) is 25.7 Å². The molecule has 28 heavy (non-hydrogen) atoms. The van der Waals surface area contributed by atoms with Crippen molar-refractivity contribution in [3.63, 3.8) is 0 Å². The Balaban J connectivity index is 1.33. The zero-order valence-corrected chi connectivity index (χ0v) is 15.7. The maximum Gasteiger partial charge on any atom is 0.253 e. The number of hydrogen-bond acceptors (Lipinski definition) is 2. The summed E-state index contributed by atoms with van der Waals surface area (Å²) in [6.07, 6.45) is 6.62. The number of aryl methyl sites for hydroxylation is 1. The third-order valence-corrected chi connectivity index (χ3v) is 5.85. The third kappa shape index (κ3) is 2.75. The van der Waals surface area contributed by atoms with E-state index in [4.69, 9.17) is 0 Å². The first-order valence-electron chi connectivity index (χ1n) is 9.91. The number of carbonyl (C=O) groups is 2. The van der Waals surface area contributed by atoms with Crippen LogP contribution in [0.4, 0.5) is 0 Å². The van der Waals surface area contributed by atoms with Gasteiger partial charge in [0.1, 0.15) is 0 Å². The number of carbonyl (C=O) groups excluding carboxylic acids is 2. The van der Waals surface area contributed by atoms with E-state index >= 15 is 0 Å². The van der Waals surface area contributed by atoms with Crippen LogP contribution in [0.5, 0.6) is 0 Å². The van der Waals surface area contributed by atoms with E-state index in [1.807, 2.05) is 0 Å². The van der Waals surface area contributed by atoms with Gasteiger partial charge in [0.05, 0.1) is 0 Å². The third-order valence-electron chi connectivity index (χ3n) is 5.85. The minimum Gasteiger partial charge on any atom is -0.275 e. The van der Waals surface area contributed by atoms with Gasteiger partial charge in [-0.3, -0.25) is 14.5 Å². The molecule has 3 heteroatoms. The summed E-state index contributed by atoms with van der Waals surface area (Å²) >= 11 is 0. The molecule has 138 valence electrons. The second-order valence-corrected chi connectivity index (χ2v) is 7.55. The van der Waals surface area contributed by atoms with Crippen molar-refractivity contribution in [3.05, 3.63) is 72.3 Å². The first-order valence-corrected chi connectivity index (χ1v) is 9.91. The van der Waals surface area contributed by atoms with Crippen LogP contribution in [0, 0.1) is 0 Å². The molecule has 0 aromatic heterocycles. The number of rotatable bonds is 6. The Kier molecular flexibility index (Phi) is 4.09. The lowest BCUT2D eigenvalue weighted by Gasteiger charge is -2.15. The van der Waals surface area contributed by atoms with Crippen LogP contribution in [0.15, 0.2) is 66.7 Å². The normalized spacial score (nSPS) is 14.4. The van der Waals surface area contributed by atoms with E-state index in [-0.39, 0.29) is 11.8 Å². The molecule has 4 aromatic rings. The molecule has 1 aliphatic rings. The van der Waals surface area contributed by atoms with Crippen molar-refractivity contribution in [3.8, 4) is 0 Å². The lowest BCUT2D eigenvalue weighted by atomic mass is 9.90. The van der Waals surface area contributed by atoms with Crippen molar-refractivity contribution in [1.29, 1.82) is 0 Å². The Bertz CT molecular complexity index is 1200. The maximum atomic E-state index is 11.6. The standard InChI is InChI=1S/C25H21NO2/c27-22-14-15-23(28)26(22)16-3-1-2-5-17-8-9-20-11-10-18-6-4-7-19-12-13-21(17)25(20)24(18)19/h4,6-15H,1-3,5,16H2. The van der Waals surface area contributed by atoms with Crippen molar-refractivity contribution in [2.45, 2.75) is 25.7 Å². The highest BCUT2D eigenvalue weighted by Crippen LogP contribution is 2.36. The summed E-state index contributed by atoms with van der Waals surface area (Å²) in [5.74, 6) is -0.367. The average molecular weight is 367 g/mol. The Morgan fingerprint density at radius 2 is 1.29 bits per heavy atom. The van der Waals surface area contributed by atoms with E-state index in [0.29, 0.717) is 6.54 Å². The highest BCUT2D eigenvalue weighted by molar-refractivity contribution is 6.23. The topological polar surface area (TPSA) is 37.4 Å². The largest absolute Gasteiger partial charge is 0.275 e. The molecule has 1 heterocycles.